The lowest BCUT2D eigenvalue weighted by molar-refractivity contribution is 0.105. The Bertz CT molecular complexity index is 365. The lowest BCUT2D eigenvalue weighted by atomic mass is 9.83. The van der Waals surface area contributed by atoms with E-state index in [1.54, 1.807) is 0 Å². The first-order chi connectivity index (χ1) is 9.24. The molecule has 2 N–H and O–H groups in total. The Morgan fingerprint density at radius 3 is 2.68 bits per heavy atom. The van der Waals surface area contributed by atoms with Gasteiger partial charge in [0, 0.05) is 11.0 Å². The Morgan fingerprint density at radius 2 is 2.05 bits per heavy atom. The predicted octanol–water partition coefficient (Wildman–Crippen LogP) is 2.97. The summed E-state index contributed by atoms with van der Waals surface area (Å²) in [4.78, 5) is 0. The highest BCUT2D eigenvalue weighted by Gasteiger charge is 2.16. The maximum Gasteiger partial charge on any atom is 0.119 e. The zero-order valence-corrected chi connectivity index (χ0v) is 12.7. The van der Waals surface area contributed by atoms with Crippen LogP contribution in [0.1, 0.15) is 25.7 Å². The summed E-state index contributed by atoms with van der Waals surface area (Å²) in [6, 6.07) is 7.64. The fraction of sp³-hybridized carbons (Fsp3) is 0.600. The number of aliphatic hydroxyl groups is 1. The zero-order valence-electron chi connectivity index (χ0n) is 11.1. The number of benzene rings is 1. The van der Waals surface area contributed by atoms with E-state index in [0.717, 1.165) is 22.7 Å². The Morgan fingerprint density at radius 1 is 1.32 bits per heavy atom. The molecule has 0 bridgehead atoms. The second-order valence-electron chi connectivity index (χ2n) is 5.21. The van der Waals surface area contributed by atoms with E-state index in [-0.39, 0.29) is 0 Å². The van der Waals surface area contributed by atoms with Gasteiger partial charge in [0.1, 0.15) is 18.5 Å². The van der Waals surface area contributed by atoms with Crippen molar-refractivity contribution in [3.8, 4) is 5.75 Å². The first-order valence-electron chi connectivity index (χ1n) is 7.01. The summed E-state index contributed by atoms with van der Waals surface area (Å²) in [5, 5.41) is 13.1. The van der Waals surface area contributed by atoms with Gasteiger partial charge < -0.3 is 15.2 Å². The van der Waals surface area contributed by atoms with Crippen molar-refractivity contribution in [3.05, 3.63) is 28.7 Å². The smallest absolute Gasteiger partial charge is 0.119 e. The molecule has 0 saturated heterocycles. The number of hydrogen-bond acceptors (Lipinski definition) is 3. The van der Waals surface area contributed by atoms with Gasteiger partial charge in [0.25, 0.3) is 0 Å². The largest absolute Gasteiger partial charge is 0.491 e. The van der Waals surface area contributed by atoms with E-state index in [4.69, 9.17) is 4.74 Å². The standard InChI is InChI=1S/C15H22BrNO2/c16-13-4-6-15(7-5-13)19-11-14(18)10-17-9-8-12-2-1-3-12/h4-7,12,14,17-18H,1-3,8-11H2. The Balaban J connectivity index is 1.53. The third-order valence-electron chi connectivity index (χ3n) is 3.59. The number of ether oxygens (including phenoxy) is 1. The molecule has 4 heteroatoms. The van der Waals surface area contributed by atoms with Crippen LogP contribution >= 0.6 is 15.9 Å². The lowest BCUT2D eigenvalue weighted by Crippen LogP contribution is -2.33. The van der Waals surface area contributed by atoms with Crippen molar-refractivity contribution in [3.63, 3.8) is 0 Å². The third kappa shape index (κ3) is 5.51. The molecule has 1 aromatic carbocycles. The Kier molecular flexibility index (Phi) is 6.14. The molecule has 1 aliphatic carbocycles. The Labute approximate surface area is 123 Å². The van der Waals surface area contributed by atoms with Crippen molar-refractivity contribution in [1.82, 2.24) is 5.32 Å². The van der Waals surface area contributed by atoms with E-state index in [1.165, 1.54) is 25.7 Å². The summed E-state index contributed by atoms with van der Waals surface area (Å²) < 4.78 is 6.55. The first-order valence-corrected chi connectivity index (χ1v) is 7.80. The minimum atomic E-state index is -0.454. The Hall–Kier alpha value is -0.580. The molecule has 0 heterocycles. The van der Waals surface area contributed by atoms with E-state index in [1.807, 2.05) is 24.3 Å². The van der Waals surface area contributed by atoms with E-state index >= 15 is 0 Å². The molecule has 0 amide bonds. The molecule has 1 atom stereocenters. The highest BCUT2D eigenvalue weighted by molar-refractivity contribution is 9.10. The molecule has 3 nitrogen and oxygen atoms in total. The van der Waals surface area contributed by atoms with Crippen molar-refractivity contribution in [2.24, 2.45) is 5.92 Å². The second-order valence-corrected chi connectivity index (χ2v) is 6.12. The van der Waals surface area contributed by atoms with E-state index in [2.05, 4.69) is 21.2 Å². The number of halogens is 1. The zero-order chi connectivity index (χ0) is 13.5. The van der Waals surface area contributed by atoms with E-state index < -0.39 is 6.10 Å². The molecule has 0 aromatic heterocycles. The highest BCUT2D eigenvalue weighted by Crippen LogP contribution is 2.28. The van der Waals surface area contributed by atoms with Gasteiger partial charge in [0.2, 0.25) is 0 Å². The van der Waals surface area contributed by atoms with E-state index in [0.29, 0.717) is 13.2 Å². The SMILES string of the molecule is OC(CNCCC1CCC1)COc1ccc(Br)cc1. The number of aliphatic hydroxyl groups excluding tert-OH is 1. The molecule has 1 aromatic rings. The number of nitrogens with one attached hydrogen (secondary N) is 1. The maximum absolute atomic E-state index is 9.80. The topological polar surface area (TPSA) is 41.5 Å². The monoisotopic (exact) mass is 327 g/mol. The van der Waals surface area contributed by atoms with Gasteiger partial charge in [0.05, 0.1) is 0 Å². The van der Waals surface area contributed by atoms with Crippen LogP contribution in [0, 0.1) is 5.92 Å². The highest BCUT2D eigenvalue weighted by atomic mass is 79.9. The van der Waals surface area contributed by atoms with Crippen LogP contribution in [0.15, 0.2) is 28.7 Å². The summed E-state index contributed by atoms with van der Waals surface area (Å²) in [6.07, 6.45) is 4.95. The minimum absolute atomic E-state index is 0.331. The van der Waals surface area contributed by atoms with Gasteiger partial charge in [-0.05, 0) is 43.1 Å². The van der Waals surface area contributed by atoms with Crippen LogP contribution in [-0.2, 0) is 0 Å². The van der Waals surface area contributed by atoms with Gasteiger partial charge in [-0.1, -0.05) is 35.2 Å². The molecule has 1 unspecified atom stereocenters. The van der Waals surface area contributed by atoms with Crippen molar-refractivity contribution < 1.29 is 9.84 Å². The minimum Gasteiger partial charge on any atom is -0.491 e. The van der Waals surface area contributed by atoms with Crippen LogP contribution in [0.4, 0.5) is 0 Å². The summed E-state index contributed by atoms with van der Waals surface area (Å²) >= 11 is 3.37. The van der Waals surface area contributed by atoms with Gasteiger partial charge in [-0.15, -0.1) is 0 Å². The van der Waals surface area contributed by atoms with Gasteiger partial charge >= 0.3 is 0 Å². The molecular weight excluding hydrogens is 306 g/mol. The first kappa shape index (κ1) is 14.8. The van der Waals surface area contributed by atoms with Crippen molar-refractivity contribution in [2.45, 2.75) is 31.8 Å². The summed E-state index contributed by atoms with van der Waals surface area (Å²) in [7, 11) is 0. The number of hydrogen-bond donors (Lipinski definition) is 2. The van der Waals surface area contributed by atoms with Crippen LogP contribution in [-0.4, -0.2) is 30.9 Å². The van der Waals surface area contributed by atoms with Gasteiger partial charge in [-0.25, -0.2) is 0 Å². The van der Waals surface area contributed by atoms with Crippen molar-refractivity contribution >= 4 is 15.9 Å². The fourth-order valence-corrected chi connectivity index (χ4v) is 2.40. The van der Waals surface area contributed by atoms with Crippen molar-refractivity contribution in [1.29, 1.82) is 0 Å². The summed E-state index contributed by atoms with van der Waals surface area (Å²) in [5.74, 6) is 1.71. The molecule has 0 aliphatic heterocycles. The molecular formula is C15H22BrNO2. The molecule has 1 aliphatic rings. The summed E-state index contributed by atoms with van der Waals surface area (Å²) in [5.41, 5.74) is 0. The fourth-order valence-electron chi connectivity index (χ4n) is 2.14. The molecule has 19 heavy (non-hydrogen) atoms. The predicted molar refractivity (Wildman–Crippen MR) is 80.5 cm³/mol. The molecule has 106 valence electrons. The van der Waals surface area contributed by atoms with Crippen LogP contribution < -0.4 is 10.1 Å². The molecule has 2 rings (SSSR count). The quantitative estimate of drug-likeness (QED) is 0.721. The second kappa shape index (κ2) is 7.88. The van der Waals surface area contributed by atoms with Crippen LogP contribution in [0.25, 0.3) is 0 Å². The van der Waals surface area contributed by atoms with Gasteiger partial charge in [-0.2, -0.15) is 0 Å². The van der Waals surface area contributed by atoms with Crippen LogP contribution in [0.2, 0.25) is 0 Å². The number of rotatable bonds is 8. The molecule has 1 fully saturated rings. The maximum atomic E-state index is 9.80. The van der Waals surface area contributed by atoms with Crippen LogP contribution in [0.5, 0.6) is 5.75 Å². The molecule has 0 spiro atoms. The normalized spacial score (nSPS) is 16.9. The van der Waals surface area contributed by atoms with Gasteiger partial charge in [0.15, 0.2) is 0 Å². The van der Waals surface area contributed by atoms with Crippen LogP contribution in [0.3, 0.4) is 0 Å². The average molecular weight is 328 g/mol. The van der Waals surface area contributed by atoms with Crippen molar-refractivity contribution in [2.75, 3.05) is 19.7 Å². The molecule has 1 saturated carbocycles. The summed E-state index contributed by atoms with van der Waals surface area (Å²) in [6.45, 7) is 1.93. The molecule has 0 radical (unpaired) electrons. The van der Waals surface area contributed by atoms with Gasteiger partial charge in [-0.3, -0.25) is 0 Å². The third-order valence-corrected chi connectivity index (χ3v) is 4.12. The van der Waals surface area contributed by atoms with E-state index in [9.17, 15) is 5.11 Å². The lowest BCUT2D eigenvalue weighted by Gasteiger charge is -2.25. The average Bonchev–Trinajstić information content (AvgIpc) is 2.36.